The monoisotopic (exact) mass is 550 g/mol. The zero-order valence-corrected chi connectivity index (χ0v) is 22.5. The number of oxazole rings is 1. The average molecular weight is 551 g/mol. The Balaban J connectivity index is 1.34. The average Bonchev–Trinajstić information content (AvgIpc) is 3.31. The van der Waals surface area contributed by atoms with Gasteiger partial charge in [0.05, 0.1) is 31.2 Å². The summed E-state index contributed by atoms with van der Waals surface area (Å²) in [5.74, 6) is 1.92. The van der Waals surface area contributed by atoms with Crippen LogP contribution in [0.2, 0.25) is 0 Å². The molecular formula is C29H30N2O7S. The number of carbonyl (C=O) groups excluding carboxylic acids is 1. The van der Waals surface area contributed by atoms with Crippen molar-refractivity contribution in [3.05, 3.63) is 108 Å². The number of amides is 1. The molecule has 0 bridgehead atoms. The zero-order chi connectivity index (χ0) is 27.7. The van der Waals surface area contributed by atoms with Gasteiger partial charge in [0.1, 0.15) is 18.1 Å². The Kier molecular flexibility index (Phi) is 9.35. The first-order chi connectivity index (χ1) is 18.8. The van der Waals surface area contributed by atoms with Gasteiger partial charge in [-0.05, 0) is 42.3 Å². The number of carbonyl (C=O) groups is 1. The molecule has 3 aromatic carbocycles. The summed E-state index contributed by atoms with van der Waals surface area (Å²) < 4.78 is 45.0. The van der Waals surface area contributed by atoms with Crippen molar-refractivity contribution < 1.29 is 31.3 Å². The zero-order valence-electron chi connectivity index (χ0n) is 21.7. The van der Waals surface area contributed by atoms with Crippen LogP contribution in [0, 0.1) is 6.92 Å². The van der Waals surface area contributed by atoms with Gasteiger partial charge in [0.15, 0.2) is 0 Å². The molecule has 0 fully saturated rings. The molecule has 0 saturated carbocycles. The fraction of sp³-hybridized carbons (Fsp3) is 0.241. The Morgan fingerprint density at radius 2 is 1.64 bits per heavy atom. The highest BCUT2D eigenvalue weighted by atomic mass is 32.2. The van der Waals surface area contributed by atoms with E-state index in [0.717, 1.165) is 28.8 Å². The number of aryl methyl sites for hydroxylation is 1. The molecule has 0 aliphatic heterocycles. The van der Waals surface area contributed by atoms with Crippen LogP contribution < -0.4 is 10.1 Å². The Bertz CT molecular complexity index is 1450. The number of aromatic nitrogens is 1. The standard InChI is InChI=1S/C29H30N2O7S/c1-21-26(30-28(38-21)24-11-7-4-8-12-24)17-18-35-25-15-13-23(14-16-25)27(20-37-39(2,33)34)31-29(32)36-19-22-9-5-3-6-10-22/h3-16,27H,17-20H2,1-2H3,(H,31,32)/t27-/m0/s1. The van der Waals surface area contributed by atoms with Crippen LogP contribution in [-0.4, -0.2) is 39.0 Å². The lowest BCUT2D eigenvalue weighted by atomic mass is 10.1. The fourth-order valence-corrected chi connectivity index (χ4v) is 4.13. The molecule has 0 saturated heterocycles. The van der Waals surface area contributed by atoms with Crippen LogP contribution in [0.3, 0.4) is 0 Å². The van der Waals surface area contributed by atoms with E-state index < -0.39 is 22.3 Å². The SMILES string of the molecule is Cc1oc(-c2ccccc2)nc1CCOc1ccc([C@H](COS(C)(=O)=O)NC(=O)OCc2ccccc2)cc1. The van der Waals surface area contributed by atoms with E-state index in [0.29, 0.717) is 30.2 Å². The summed E-state index contributed by atoms with van der Waals surface area (Å²) in [6, 6.07) is 25.1. The lowest BCUT2D eigenvalue weighted by Gasteiger charge is -2.19. The van der Waals surface area contributed by atoms with E-state index in [1.165, 1.54) is 0 Å². The molecule has 0 spiro atoms. The predicted octanol–water partition coefficient (Wildman–Crippen LogP) is 5.22. The van der Waals surface area contributed by atoms with Crippen LogP contribution >= 0.6 is 0 Å². The molecular weight excluding hydrogens is 520 g/mol. The number of nitrogens with zero attached hydrogens (tertiary/aromatic N) is 1. The van der Waals surface area contributed by atoms with Crippen molar-refractivity contribution in [1.29, 1.82) is 0 Å². The lowest BCUT2D eigenvalue weighted by molar-refractivity contribution is 0.131. The van der Waals surface area contributed by atoms with Crippen molar-refractivity contribution in [2.75, 3.05) is 19.5 Å². The van der Waals surface area contributed by atoms with Crippen LogP contribution in [0.5, 0.6) is 5.75 Å². The normalized spacial score (nSPS) is 12.1. The molecule has 0 aliphatic rings. The number of benzene rings is 3. The summed E-state index contributed by atoms with van der Waals surface area (Å²) in [5, 5.41) is 2.67. The van der Waals surface area contributed by atoms with Crippen molar-refractivity contribution in [3.63, 3.8) is 0 Å². The molecule has 10 heteroatoms. The summed E-state index contributed by atoms with van der Waals surface area (Å²) in [6.07, 6.45) is 0.816. The molecule has 1 amide bonds. The molecule has 1 heterocycles. The summed E-state index contributed by atoms with van der Waals surface area (Å²) in [5.41, 5.74) is 3.19. The Morgan fingerprint density at radius 1 is 0.974 bits per heavy atom. The lowest BCUT2D eigenvalue weighted by Crippen LogP contribution is -2.32. The smallest absolute Gasteiger partial charge is 0.408 e. The van der Waals surface area contributed by atoms with Crippen LogP contribution in [0.15, 0.2) is 89.3 Å². The van der Waals surface area contributed by atoms with Gasteiger partial charge >= 0.3 is 6.09 Å². The minimum atomic E-state index is -3.71. The summed E-state index contributed by atoms with van der Waals surface area (Å²) in [7, 11) is -3.71. The minimum absolute atomic E-state index is 0.0803. The second-order valence-electron chi connectivity index (χ2n) is 8.80. The molecule has 1 atom stereocenters. The van der Waals surface area contributed by atoms with Gasteiger partial charge < -0.3 is 19.2 Å². The summed E-state index contributed by atoms with van der Waals surface area (Å²) >= 11 is 0. The predicted molar refractivity (Wildman–Crippen MR) is 146 cm³/mol. The second kappa shape index (κ2) is 13.1. The minimum Gasteiger partial charge on any atom is -0.493 e. The molecule has 1 N–H and O–H groups in total. The molecule has 39 heavy (non-hydrogen) atoms. The summed E-state index contributed by atoms with van der Waals surface area (Å²) in [6.45, 7) is 2.05. The van der Waals surface area contributed by atoms with Crippen LogP contribution in [0.1, 0.15) is 28.6 Å². The fourth-order valence-electron chi connectivity index (χ4n) is 3.75. The van der Waals surface area contributed by atoms with Gasteiger partial charge in [-0.2, -0.15) is 8.42 Å². The highest BCUT2D eigenvalue weighted by Crippen LogP contribution is 2.23. The van der Waals surface area contributed by atoms with Crippen molar-refractivity contribution >= 4 is 16.2 Å². The van der Waals surface area contributed by atoms with Gasteiger partial charge in [0.25, 0.3) is 10.1 Å². The maximum Gasteiger partial charge on any atom is 0.408 e. The number of nitrogens with one attached hydrogen (secondary N) is 1. The van der Waals surface area contributed by atoms with Crippen molar-refractivity contribution in [3.8, 4) is 17.2 Å². The highest BCUT2D eigenvalue weighted by Gasteiger charge is 2.19. The maximum absolute atomic E-state index is 12.4. The number of hydrogen-bond donors (Lipinski definition) is 1. The molecule has 0 aliphatic carbocycles. The molecule has 204 valence electrons. The topological polar surface area (TPSA) is 117 Å². The van der Waals surface area contributed by atoms with Crippen LogP contribution in [0.25, 0.3) is 11.5 Å². The van der Waals surface area contributed by atoms with Gasteiger partial charge in [-0.1, -0.05) is 60.7 Å². The van der Waals surface area contributed by atoms with E-state index in [2.05, 4.69) is 10.3 Å². The number of rotatable bonds is 12. The third-order valence-electron chi connectivity index (χ3n) is 5.76. The number of hydrogen-bond acceptors (Lipinski definition) is 8. The highest BCUT2D eigenvalue weighted by molar-refractivity contribution is 7.85. The largest absolute Gasteiger partial charge is 0.493 e. The second-order valence-corrected chi connectivity index (χ2v) is 10.4. The van der Waals surface area contributed by atoms with E-state index in [-0.39, 0.29) is 13.2 Å². The third kappa shape index (κ3) is 8.69. The quantitative estimate of drug-likeness (QED) is 0.239. The van der Waals surface area contributed by atoms with Crippen LogP contribution in [0.4, 0.5) is 4.79 Å². The molecule has 9 nitrogen and oxygen atoms in total. The van der Waals surface area contributed by atoms with E-state index in [1.807, 2.05) is 67.6 Å². The molecule has 4 rings (SSSR count). The van der Waals surface area contributed by atoms with E-state index in [4.69, 9.17) is 18.1 Å². The first kappa shape index (κ1) is 27.9. The molecule has 0 unspecified atom stereocenters. The van der Waals surface area contributed by atoms with Crippen molar-refractivity contribution in [1.82, 2.24) is 10.3 Å². The molecule has 0 radical (unpaired) electrons. The van der Waals surface area contributed by atoms with E-state index in [1.54, 1.807) is 24.3 Å². The van der Waals surface area contributed by atoms with Gasteiger partial charge in [0.2, 0.25) is 5.89 Å². The summed E-state index contributed by atoms with van der Waals surface area (Å²) in [4.78, 5) is 17.0. The van der Waals surface area contributed by atoms with Gasteiger partial charge in [-0.25, -0.2) is 9.78 Å². The third-order valence-corrected chi connectivity index (χ3v) is 6.32. The number of ether oxygens (including phenoxy) is 2. The maximum atomic E-state index is 12.4. The number of alkyl carbamates (subject to hydrolysis) is 1. The first-order valence-corrected chi connectivity index (χ1v) is 14.1. The Labute approximate surface area is 227 Å². The van der Waals surface area contributed by atoms with E-state index >= 15 is 0 Å². The molecule has 4 aromatic rings. The van der Waals surface area contributed by atoms with Crippen molar-refractivity contribution in [2.45, 2.75) is 26.0 Å². The first-order valence-electron chi connectivity index (χ1n) is 12.3. The van der Waals surface area contributed by atoms with Gasteiger partial charge in [-0.15, -0.1) is 0 Å². The van der Waals surface area contributed by atoms with Crippen LogP contribution in [-0.2, 0) is 32.1 Å². The molecule has 1 aromatic heterocycles. The Hall–Kier alpha value is -4.15. The van der Waals surface area contributed by atoms with Crippen molar-refractivity contribution in [2.24, 2.45) is 0 Å². The van der Waals surface area contributed by atoms with E-state index in [9.17, 15) is 13.2 Å². The van der Waals surface area contributed by atoms with Gasteiger partial charge in [0, 0.05) is 12.0 Å². The Morgan fingerprint density at radius 3 is 2.31 bits per heavy atom. The van der Waals surface area contributed by atoms with Gasteiger partial charge in [-0.3, -0.25) is 4.18 Å².